The molecule has 0 saturated carbocycles. The van der Waals surface area contributed by atoms with Gasteiger partial charge in [-0.1, -0.05) is 19.9 Å². The normalized spacial score (nSPS) is 21.4. The fourth-order valence-electron chi connectivity index (χ4n) is 2.14. The van der Waals surface area contributed by atoms with E-state index in [-0.39, 0.29) is 0 Å². The number of fused-ring (bicyclic) bond motifs is 1. The van der Waals surface area contributed by atoms with Crippen LogP contribution < -0.4 is 0 Å². The highest BCUT2D eigenvalue weighted by Crippen LogP contribution is 2.36. The van der Waals surface area contributed by atoms with Crippen molar-refractivity contribution in [3.05, 3.63) is 29.6 Å². The number of aromatic nitrogens is 1. The molecule has 1 atom stereocenters. The third kappa shape index (κ3) is 1.13. The van der Waals surface area contributed by atoms with Gasteiger partial charge in [0.25, 0.3) is 0 Å². The first-order valence-corrected chi connectivity index (χ1v) is 4.73. The van der Waals surface area contributed by atoms with E-state index in [9.17, 15) is 0 Å². The molecule has 0 radical (unpaired) electrons. The van der Waals surface area contributed by atoms with Gasteiger partial charge in [-0.25, -0.2) is 0 Å². The van der Waals surface area contributed by atoms with Crippen molar-refractivity contribution in [2.45, 2.75) is 32.6 Å². The SMILES string of the molecule is CC(C)C1CCc2ncccc21. The summed E-state index contributed by atoms with van der Waals surface area (Å²) < 4.78 is 0. The van der Waals surface area contributed by atoms with Gasteiger partial charge < -0.3 is 0 Å². The molecule has 1 heteroatoms. The molecule has 64 valence electrons. The summed E-state index contributed by atoms with van der Waals surface area (Å²) in [6.07, 6.45) is 4.38. The molecule has 0 saturated heterocycles. The summed E-state index contributed by atoms with van der Waals surface area (Å²) in [5.74, 6) is 1.52. The van der Waals surface area contributed by atoms with E-state index in [1.54, 1.807) is 0 Å². The molecule has 1 aliphatic carbocycles. The van der Waals surface area contributed by atoms with Crippen LogP contribution in [-0.2, 0) is 6.42 Å². The van der Waals surface area contributed by atoms with Gasteiger partial charge in [-0.2, -0.15) is 0 Å². The minimum atomic E-state index is 0.758. The first-order valence-electron chi connectivity index (χ1n) is 4.73. The van der Waals surface area contributed by atoms with Crippen molar-refractivity contribution in [2.24, 2.45) is 5.92 Å². The molecule has 1 heterocycles. The summed E-state index contributed by atoms with van der Waals surface area (Å²) in [5.41, 5.74) is 2.82. The minimum Gasteiger partial charge on any atom is -0.261 e. The number of hydrogen-bond acceptors (Lipinski definition) is 1. The number of nitrogens with zero attached hydrogens (tertiary/aromatic N) is 1. The molecule has 1 aromatic heterocycles. The molecule has 1 aromatic rings. The molecule has 0 spiro atoms. The Morgan fingerprint density at radius 2 is 2.33 bits per heavy atom. The standard InChI is InChI=1S/C11H15N/c1-8(2)9-5-6-11-10(9)4-3-7-12-11/h3-4,7-9H,5-6H2,1-2H3. The summed E-state index contributed by atoms with van der Waals surface area (Å²) in [6.45, 7) is 4.60. The first-order chi connectivity index (χ1) is 5.79. The Hall–Kier alpha value is -0.850. The van der Waals surface area contributed by atoms with Gasteiger partial charge in [-0.15, -0.1) is 0 Å². The molecule has 0 aliphatic heterocycles. The van der Waals surface area contributed by atoms with Crippen molar-refractivity contribution in [3.63, 3.8) is 0 Å². The van der Waals surface area contributed by atoms with Crippen LogP contribution in [0.2, 0.25) is 0 Å². The van der Waals surface area contributed by atoms with Crippen LogP contribution in [0.25, 0.3) is 0 Å². The average Bonchev–Trinajstić information content (AvgIpc) is 2.47. The molecule has 1 unspecified atom stereocenters. The first kappa shape index (κ1) is 7.78. The fraction of sp³-hybridized carbons (Fsp3) is 0.545. The van der Waals surface area contributed by atoms with E-state index in [2.05, 4.69) is 31.0 Å². The zero-order chi connectivity index (χ0) is 8.55. The summed E-state index contributed by atoms with van der Waals surface area (Å²) in [6, 6.07) is 4.29. The third-order valence-electron chi connectivity index (χ3n) is 2.82. The second kappa shape index (κ2) is 2.89. The van der Waals surface area contributed by atoms with Crippen molar-refractivity contribution in [1.82, 2.24) is 4.98 Å². The number of pyridine rings is 1. The lowest BCUT2D eigenvalue weighted by atomic mass is 9.91. The lowest BCUT2D eigenvalue weighted by Gasteiger charge is -2.14. The van der Waals surface area contributed by atoms with E-state index >= 15 is 0 Å². The van der Waals surface area contributed by atoms with Crippen LogP contribution in [0, 0.1) is 5.92 Å². The molecular formula is C11H15N. The monoisotopic (exact) mass is 161 g/mol. The smallest absolute Gasteiger partial charge is 0.0438 e. The van der Waals surface area contributed by atoms with Gasteiger partial charge in [0.2, 0.25) is 0 Å². The van der Waals surface area contributed by atoms with Crippen LogP contribution in [0.4, 0.5) is 0 Å². The van der Waals surface area contributed by atoms with E-state index in [1.807, 2.05) is 6.20 Å². The van der Waals surface area contributed by atoms with Crippen LogP contribution in [0.5, 0.6) is 0 Å². The maximum Gasteiger partial charge on any atom is 0.0438 e. The zero-order valence-electron chi connectivity index (χ0n) is 7.75. The lowest BCUT2D eigenvalue weighted by molar-refractivity contribution is 0.496. The largest absolute Gasteiger partial charge is 0.261 e. The molecule has 12 heavy (non-hydrogen) atoms. The van der Waals surface area contributed by atoms with Crippen LogP contribution in [0.15, 0.2) is 18.3 Å². The highest BCUT2D eigenvalue weighted by atomic mass is 14.7. The van der Waals surface area contributed by atoms with E-state index in [0.29, 0.717) is 0 Å². The highest BCUT2D eigenvalue weighted by Gasteiger charge is 2.24. The molecule has 1 aliphatic rings. The highest BCUT2D eigenvalue weighted by molar-refractivity contribution is 5.29. The molecule has 1 nitrogen and oxygen atoms in total. The second-order valence-electron chi connectivity index (χ2n) is 3.93. The van der Waals surface area contributed by atoms with Gasteiger partial charge in [-0.05, 0) is 36.3 Å². The molecule has 0 N–H and O–H groups in total. The Kier molecular flexibility index (Phi) is 1.87. The number of aryl methyl sites for hydroxylation is 1. The molecule has 0 bridgehead atoms. The van der Waals surface area contributed by atoms with Crippen molar-refractivity contribution >= 4 is 0 Å². The topological polar surface area (TPSA) is 12.9 Å². The number of rotatable bonds is 1. The molecule has 0 aromatic carbocycles. The van der Waals surface area contributed by atoms with Crippen LogP contribution in [0.1, 0.15) is 37.4 Å². The Labute approximate surface area is 73.8 Å². The Morgan fingerprint density at radius 1 is 1.50 bits per heavy atom. The third-order valence-corrected chi connectivity index (χ3v) is 2.82. The second-order valence-corrected chi connectivity index (χ2v) is 3.93. The summed E-state index contributed by atoms with van der Waals surface area (Å²) in [5, 5.41) is 0. The average molecular weight is 161 g/mol. The summed E-state index contributed by atoms with van der Waals surface area (Å²) >= 11 is 0. The van der Waals surface area contributed by atoms with E-state index < -0.39 is 0 Å². The zero-order valence-corrected chi connectivity index (χ0v) is 7.75. The van der Waals surface area contributed by atoms with E-state index in [4.69, 9.17) is 0 Å². The predicted octanol–water partition coefficient (Wildman–Crippen LogP) is 2.77. The summed E-state index contributed by atoms with van der Waals surface area (Å²) in [4.78, 5) is 4.39. The molecule has 2 rings (SSSR count). The van der Waals surface area contributed by atoms with Gasteiger partial charge in [0.1, 0.15) is 0 Å². The van der Waals surface area contributed by atoms with Gasteiger partial charge in [0.05, 0.1) is 0 Å². The van der Waals surface area contributed by atoms with Crippen molar-refractivity contribution in [2.75, 3.05) is 0 Å². The van der Waals surface area contributed by atoms with Crippen LogP contribution in [-0.4, -0.2) is 4.98 Å². The number of hydrogen-bond donors (Lipinski definition) is 0. The Bertz CT molecular complexity index is 278. The maximum absolute atomic E-state index is 4.39. The van der Waals surface area contributed by atoms with E-state index in [0.717, 1.165) is 11.8 Å². The van der Waals surface area contributed by atoms with Crippen LogP contribution in [0.3, 0.4) is 0 Å². The van der Waals surface area contributed by atoms with E-state index in [1.165, 1.54) is 24.1 Å². The van der Waals surface area contributed by atoms with Crippen molar-refractivity contribution in [3.8, 4) is 0 Å². The Balaban J connectivity index is 2.36. The Morgan fingerprint density at radius 3 is 3.08 bits per heavy atom. The van der Waals surface area contributed by atoms with Crippen molar-refractivity contribution in [1.29, 1.82) is 0 Å². The van der Waals surface area contributed by atoms with Crippen LogP contribution >= 0.6 is 0 Å². The molecule has 0 amide bonds. The lowest BCUT2D eigenvalue weighted by Crippen LogP contribution is -2.01. The maximum atomic E-state index is 4.39. The van der Waals surface area contributed by atoms with Gasteiger partial charge in [0, 0.05) is 11.9 Å². The fourth-order valence-corrected chi connectivity index (χ4v) is 2.14. The van der Waals surface area contributed by atoms with Crippen molar-refractivity contribution < 1.29 is 0 Å². The van der Waals surface area contributed by atoms with Gasteiger partial charge in [-0.3, -0.25) is 4.98 Å². The predicted molar refractivity (Wildman–Crippen MR) is 50.1 cm³/mol. The minimum absolute atomic E-state index is 0.758. The summed E-state index contributed by atoms with van der Waals surface area (Å²) in [7, 11) is 0. The quantitative estimate of drug-likeness (QED) is 0.617. The molecular weight excluding hydrogens is 146 g/mol. The van der Waals surface area contributed by atoms with Gasteiger partial charge in [0.15, 0.2) is 0 Å². The van der Waals surface area contributed by atoms with Gasteiger partial charge >= 0.3 is 0 Å². The molecule has 0 fully saturated rings.